The molecule has 2 aliphatic heterocycles. The molecule has 0 amide bonds. The van der Waals surface area contributed by atoms with Gasteiger partial charge in [0.1, 0.15) is 0 Å². The Morgan fingerprint density at radius 2 is 1.79 bits per heavy atom. The molecule has 0 aromatic carbocycles. The van der Waals surface area contributed by atoms with E-state index in [0.29, 0.717) is 28.7 Å². The highest BCUT2D eigenvalue weighted by Gasteiger charge is 2.67. The van der Waals surface area contributed by atoms with Crippen molar-refractivity contribution in [3.8, 4) is 0 Å². The average Bonchev–Trinajstić information content (AvgIpc) is 2.68. The molecule has 1 saturated carbocycles. The molecule has 3 heteroatoms. The van der Waals surface area contributed by atoms with Crippen molar-refractivity contribution in [1.29, 1.82) is 0 Å². The van der Waals surface area contributed by atoms with Gasteiger partial charge in [0.2, 0.25) is 0 Å². The molecule has 3 aliphatic rings. The minimum atomic E-state index is -0.0102. The number of rotatable bonds is 2. The Bertz CT molecular complexity index is 344. The van der Waals surface area contributed by atoms with Crippen LogP contribution in [0.5, 0.6) is 0 Å². The highest BCUT2D eigenvalue weighted by molar-refractivity contribution is 5.17. The zero-order valence-electron chi connectivity index (χ0n) is 12.9. The first-order valence-corrected chi connectivity index (χ1v) is 7.77. The van der Waals surface area contributed by atoms with Gasteiger partial charge in [-0.1, -0.05) is 27.7 Å². The topological polar surface area (TPSA) is 44.5 Å². The molecule has 1 aliphatic carbocycles. The summed E-state index contributed by atoms with van der Waals surface area (Å²) in [5, 5.41) is 0. The fourth-order valence-electron chi connectivity index (χ4n) is 4.74. The van der Waals surface area contributed by atoms with E-state index in [-0.39, 0.29) is 5.60 Å². The number of hydrogen-bond donors (Lipinski definition) is 1. The van der Waals surface area contributed by atoms with Gasteiger partial charge in [0.25, 0.3) is 0 Å². The van der Waals surface area contributed by atoms with E-state index in [2.05, 4.69) is 27.7 Å². The number of hydrogen-bond acceptors (Lipinski definition) is 3. The third-order valence-corrected chi connectivity index (χ3v) is 6.66. The van der Waals surface area contributed by atoms with E-state index < -0.39 is 0 Å². The second kappa shape index (κ2) is 4.19. The van der Waals surface area contributed by atoms with E-state index in [9.17, 15) is 0 Å². The molecule has 0 aromatic heterocycles. The summed E-state index contributed by atoms with van der Waals surface area (Å²) in [6.07, 6.45) is 3.26. The summed E-state index contributed by atoms with van der Waals surface area (Å²) in [5.41, 5.74) is 7.41. The molecular weight excluding hydrogens is 238 g/mol. The lowest BCUT2D eigenvalue weighted by atomic mass is 9.78. The van der Waals surface area contributed by atoms with Gasteiger partial charge in [-0.15, -0.1) is 0 Å². The first-order chi connectivity index (χ1) is 8.80. The summed E-state index contributed by atoms with van der Waals surface area (Å²) in [4.78, 5) is 0. The molecule has 110 valence electrons. The van der Waals surface area contributed by atoms with Crippen molar-refractivity contribution in [1.82, 2.24) is 0 Å². The summed E-state index contributed by atoms with van der Waals surface area (Å²) >= 11 is 0. The summed E-state index contributed by atoms with van der Waals surface area (Å²) in [6, 6.07) is 0.311. The van der Waals surface area contributed by atoms with Crippen LogP contribution < -0.4 is 5.73 Å². The average molecular weight is 267 g/mol. The number of ether oxygens (including phenoxy) is 2. The SMILES string of the molecule is CC1(C)C(C(N)C2CCOC3(CCOC3)C2)C1(C)C. The highest BCUT2D eigenvalue weighted by atomic mass is 16.6. The van der Waals surface area contributed by atoms with Crippen LogP contribution in [-0.4, -0.2) is 31.5 Å². The highest BCUT2D eigenvalue weighted by Crippen LogP contribution is 2.70. The van der Waals surface area contributed by atoms with Gasteiger partial charge in [-0.05, 0) is 35.5 Å². The van der Waals surface area contributed by atoms with Crippen LogP contribution in [0.2, 0.25) is 0 Å². The predicted octanol–water partition coefficient (Wildman–Crippen LogP) is 2.58. The predicted molar refractivity (Wildman–Crippen MR) is 75.9 cm³/mol. The van der Waals surface area contributed by atoms with Crippen LogP contribution in [0.25, 0.3) is 0 Å². The van der Waals surface area contributed by atoms with Gasteiger partial charge in [-0.2, -0.15) is 0 Å². The molecule has 3 nitrogen and oxygen atoms in total. The summed E-state index contributed by atoms with van der Waals surface area (Å²) < 4.78 is 11.6. The van der Waals surface area contributed by atoms with Crippen molar-refractivity contribution < 1.29 is 9.47 Å². The quantitative estimate of drug-likeness (QED) is 0.836. The molecule has 2 N–H and O–H groups in total. The lowest BCUT2D eigenvalue weighted by Crippen LogP contribution is -2.47. The standard InChI is InChI=1S/C16H29NO2/c1-14(2)13(15(14,3)4)12(17)11-5-7-19-16(9-11)6-8-18-10-16/h11-13H,5-10,17H2,1-4H3. The van der Waals surface area contributed by atoms with Crippen LogP contribution >= 0.6 is 0 Å². The Morgan fingerprint density at radius 1 is 1.11 bits per heavy atom. The summed E-state index contributed by atoms with van der Waals surface area (Å²) in [6.45, 7) is 11.9. The van der Waals surface area contributed by atoms with E-state index in [1.54, 1.807) is 0 Å². The normalized spacial score (nSPS) is 42.5. The Hall–Kier alpha value is -0.120. The molecule has 3 fully saturated rings. The third kappa shape index (κ3) is 1.97. The molecule has 0 radical (unpaired) electrons. The van der Waals surface area contributed by atoms with E-state index in [1.807, 2.05) is 0 Å². The maximum absolute atomic E-state index is 6.66. The summed E-state index contributed by atoms with van der Waals surface area (Å²) in [7, 11) is 0. The Balaban J connectivity index is 1.69. The van der Waals surface area contributed by atoms with Crippen molar-refractivity contribution in [3.63, 3.8) is 0 Å². The smallest absolute Gasteiger partial charge is 0.0939 e. The maximum atomic E-state index is 6.66. The number of nitrogens with two attached hydrogens (primary N) is 1. The van der Waals surface area contributed by atoms with Crippen molar-refractivity contribution in [3.05, 3.63) is 0 Å². The fraction of sp³-hybridized carbons (Fsp3) is 1.00. The zero-order valence-corrected chi connectivity index (χ0v) is 12.9. The molecule has 2 saturated heterocycles. The monoisotopic (exact) mass is 267 g/mol. The molecule has 0 bridgehead atoms. The third-order valence-electron chi connectivity index (χ3n) is 6.66. The van der Waals surface area contributed by atoms with Crippen LogP contribution in [0.3, 0.4) is 0 Å². The first kappa shape index (κ1) is 13.8. The van der Waals surface area contributed by atoms with Crippen LogP contribution in [0, 0.1) is 22.7 Å². The molecule has 0 aromatic rings. The molecule has 19 heavy (non-hydrogen) atoms. The van der Waals surface area contributed by atoms with Gasteiger partial charge >= 0.3 is 0 Å². The van der Waals surface area contributed by atoms with Gasteiger partial charge in [0, 0.05) is 25.7 Å². The molecular formula is C16H29NO2. The lowest BCUT2D eigenvalue weighted by molar-refractivity contribution is -0.103. The van der Waals surface area contributed by atoms with E-state index in [4.69, 9.17) is 15.2 Å². The van der Waals surface area contributed by atoms with Crippen LogP contribution in [-0.2, 0) is 9.47 Å². The molecule has 3 rings (SSSR count). The van der Waals surface area contributed by atoms with Crippen molar-refractivity contribution in [2.24, 2.45) is 28.4 Å². The second-order valence-electron chi connectivity index (χ2n) is 8.09. The minimum Gasteiger partial charge on any atom is -0.378 e. The lowest BCUT2D eigenvalue weighted by Gasteiger charge is -2.40. The second-order valence-corrected chi connectivity index (χ2v) is 8.09. The largest absolute Gasteiger partial charge is 0.378 e. The van der Waals surface area contributed by atoms with Crippen molar-refractivity contribution in [2.75, 3.05) is 19.8 Å². The fourth-order valence-corrected chi connectivity index (χ4v) is 4.74. The van der Waals surface area contributed by atoms with Gasteiger partial charge in [-0.25, -0.2) is 0 Å². The van der Waals surface area contributed by atoms with Crippen LogP contribution in [0.4, 0.5) is 0 Å². The van der Waals surface area contributed by atoms with Crippen LogP contribution in [0.1, 0.15) is 47.0 Å². The summed E-state index contributed by atoms with van der Waals surface area (Å²) in [5.74, 6) is 1.24. The van der Waals surface area contributed by atoms with Gasteiger partial charge in [0.05, 0.1) is 12.2 Å². The van der Waals surface area contributed by atoms with Gasteiger partial charge in [0.15, 0.2) is 0 Å². The molecule has 3 unspecified atom stereocenters. The van der Waals surface area contributed by atoms with Crippen molar-refractivity contribution >= 4 is 0 Å². The van der Waals surface area contributed by atoms with Gasteiger partial charge in [-0.3, -0.25) is 0 Å². The van der Waals surface area contributed by atoms with E-state index >= 15 is 0 Å². The van der Waals surface area contributed by atoms with Gasteiger partial charge < -0.3 is 15.2 Å². The van der Waals surface area contributed by atoms with E-state index in [0.717, 1.165) is 39.1 Å². The Morgan fingerprint density at radius 3 is 2.32 bits per heavy atom. The van der Waals surface area contributed by atoms with Crippen LogP contribution in [0.15, 0.2) is 0 Å². The Labute approximate surface area is 117 Å². The zero-order chi connectivity index (χ0) is 13.9. The Kier molecular flexibility index (Phi) is 3.05. The van der Waals surface area contributed by atoms with Crippen molar-refractivity contribution in [2.45, 2.75) is 58.6 Å². The molecule has 1 spiro atoms. The minimum absolute atomic E-state index is 0.0102. The van der Waals surface area contributed by atoms with E-state index in [1.165, 1.54) is 0 Å². The molecule has 2 heterocycles. The first-order valence-electron chi connectivity index (χ1n) is 7.77. The molecule has 3 atom stereocenters. The maximum Gasteiger partial charge on any atom is 0.0939 e.